The zero-order chi connectivity index (χ0) is 10.6. The highest BCUT2D eigenvalue weighted by molar-refractivity contribution is 5.97. The van der Waals surface area contributed by atoms with Crippen molar-refractivity contribution in [2.45, 2.75) is 12.8 Å². The normalized spacial score (nSPS) is 10.6. The molecule has 0 radical (unpaired) electrons. The predicted octanol–water partition coefficient (Wildman–Crippen LogP) is 2.16. The van der Waals surface area contributed by atoms with E-state index in [1.54, 1.807) is 6.07 Å². The van der Waals surface area contributed by atoms with Crippen LogP contribution in [-0.4, -0.2) is 12.3 Å². The smallest absolute Gasteiger partial charge is 0.264 e. The summed E-state index contributed by atoms with van der Waals surface area (Å²) >= 11 is 0. The maximum atomic E-state index is 12.4. The van der Waals surface area contributed by atoms with Crippen LogP contribution in [0, 0.1) is 0 Å². The van der Waals surface area contributed by atoms with Crippen LogP contribution in [0.15, 0.2) is 24.3 Å². The highest BCUT2D eigenvalue weighted by atomic mass is 19.3. The Kier molecular flexibility index (Phi) is 3.71. The Morgan fingerprint density at radius 2 is 2.00 bits per heavy atom. The maximum Gasteiger partial charge on any atom is 0.264 e. The Bertz CT molecular complexity index is 326. The molecule has 0 aliphatic rings. The fourth-order valence-corrected chi connectivity index (χ4v) is 1.21. The summed E-state index contributed by atoms with van der Waals surface area (Å²) in [4.78, 5) is 11.4. The number of ketones is 1. The van der Waals surface area contributed by atoms with E-state index in [1.807, 2.05) is 0 Å². The molecule has 0 saturated heterocycles. The third kappa shape index (κ3) is 2.35. The van der Waals surface area contributed by atoms with Gasteiger partial charge >= 0.3 is 0 Å². The molecule has 0 saturated carbocycles. The molecule has 4 heteroatoms. The Morgan fingerprint density at radius 3 is 2.57 bits per heavy atom. The molecule has 0 atom stereocenters. The largest absolute Gasteiger partial charge is 0.330 e. The Balaban J connectivity index is 3.00. The van der Waals surface area contributed by atoms with Crippen molar-refractivity contribution < 1.29 is 13.6 Å². The molecule has 0 aliphatic heterocycles. The van der Waals surface area contributed by atoms with E-state index < -0.39 is 6.43 Å². The lowest BCUT2D eigenvalue weighted by atomic mass is 10.0. The van der Waals surface area contributed by atoms with E-state index in [0.29, 0.717) is 0 Å². The summed E-state index contributed by atoms with van der Waals surface area (Å²) in [7, 11) is 0. The average Bonchev–Trinajstić information content (AvgIpc) is 2.18. The van der Waals surface area contributed by atoms with Crippen molar-refractivity contribution in [3.8, 4) is 0 Å². The Morgan fingerprint density at radius 1 is 1.36 bits per heavy atom. The predicted molar refractivity (Wildman–Crippen MR) is 49.4 cm³/mol. The molecule has 76 valence electrons. The van der Waals surface area contributed by atoms with Crippen LogP contribution in [0.5, 0.6) is 0 Å². The molecule has 0 bridgehead atoms. The van der Waals surface area contributed by atoms with Crippen LogP contribution in [0.25, 0.3) is 0 Å². The Hall–Kier alpha value is -1.29. The monoisotopic (exact) mass is 199 g/mol. The van der Waals surface area contributed by atoms with Crippen molar-refractivity contribution in [3.63, 3.8) is 0 Å². The molecule has 0 unspecified atom stereocenters. The zero-order valence-electron chi connectivity index (χ0n) is 7.54. The number of alkyl halides is 2. The summed E-state index contributed by atoms with van der Waals surface area (Å²) < 4.78 is 24.9. The van der Waals surface area contributed by atoms with Crippen LogP contribution in [-0.2, 0) is 0 Å². The van der Waals surface area contributed by atoms with Gasteiger partial charge in [-0.2, -0.15) is 0 Å². The van der Waals surface area contributed by atoms with Crippen molar-refractivity contribution in [3.05, 3.63) is 35.4 Å². The van der Waals surface area contributed by atoms with Gasteiger partial charge in [0, 0.05) is 17.5 Å². The number of nitrogens with two attached hydrogens (primary N) is 1. The lowest BCUT2D eigenvalue weighted by Gasteiger charge is -2.06. The second-order valence-corrected chi connectivity index (χ2v) is 2.85. The summed E-state index contributed by atoms with van der Waals surface area (Å²) in [5.74, 6) is -0.330. The quantitative estimate of drug-likeness (QED) is 0.755. The van der Waals surface area contributed by atoms with Gasteiger partial charge in [-0.25, -0.2) is 8.78 Å². The third-order valence-electron chi connectivity index (χ3n) is 1.87. The summed E-state index contributed by atoms with van der Waals surface area (Å²) in [5.41, 5.74) is 5.04. The molecule has 0 fully saturated rings. The van der Waals surface area contributed by atoms with E-state index in [1.165, 1.54) is 18.2 Å². The molecule has 0 aliphatic carbocycles. The summed E-state index contributed by atoms with van der Waals surface area (Å²) in [6.45, 7) is 0.177. The number of hydrogen-bond acceptors (Lipinski definition) is 2. The lowest BCUT2D eigenvalue weighted by molar-refractivity contribution is 0.0971. The van der Waals surface area contributed by atoms with E-state index in [4.69, 9.17) is 5.73 Å². The van der Waals surface area contributed by atoms with Gasteiger partial charge in [-0.15, -0.1) is 0 Å². The number of Topliss-reactive ketones (excluding diaryl/α,β-unsaturated/α-hetero) is 1. The second kappa shape index (κ2) is 4.81. The first-order chi connectivity index (χ1) is 6.66. The summed E-state index contributed by atoms with van der Waals surface area (Å²) in [6.07, 6.45) is -2.52. The van der Waals surface area contributed by atoms with E-state index in [-0.39, 0.29) is 29.9 Å². The van der Waals surface area contributed by atoms with Gasteiger partial charge in [-0.05, 0) is 6.54 Å². The highest BCUT2D eigenvalue weighted by Gasteiger charge is 2.16. The van der Waals surface area contributed by atoms with E-state index >= 15 is 0 Å². The minimum absolute atomic E-state index is 0.0768. The lowest BCUT2D eigenvalue weighted by Crippen LogP contribution is -2.10. The van der Waals surface area contributed by atoms with Crippen LogP contribution < -0.4 is 5.73 Å². The van der Waals surface area contributed by atoms with Crippen molar-refractivity contribution in [1.29, 1.82) is 0 Å². The van der Waals surface area contributed by atoms with Crippen LogP contribution in [0.1, 0.15) is 28.8 Å². The Labute approximate surface area is 80.7 Å². The van der Waals surface area contributed by atoms with Gasteiger partial charge in [0.25, 0.3) is 6.43 Å². The minimum atomic E-state index is -2.62. The fraction of sp³-hybridized carbons (Fsp3) is 0.300. The molecule has 0 heterocycles. The number of hydrogen-bond donors (Lipinski definition) is 1. The van der Waals surface area contributed by atoms with Crippen molar-refractivity contribution in [1.82, 2.24) is 0 Å². The number of rotatable bonds is 4. The van der Waals surface area contributed by atoms with Gasteiger partial charge < -0.3 is 5.73 Å². The summed E-state index contributed by atoms with van der Waals surface area (Å²) in [6, 6.07) is 5.71. The van der Waals surface area contributed by atoms with Gasteiger partial charge in [0.15, 0.2) is 5.78 Å². The SMILES string of the molecule is NCCC(=O)c1ccccc1C(F)F. The molecule has 1 aromatic carbocycles. The number of benzene rings is 1. The van der Waals surface area contributed by atoms with Crippen molar-refractivity contribution in [2.75, 3.05) is 6.54 Å². The topological polar surface area (TPSA) is 43.1 Å². The van der Waals surface area contributed by atoms with Crippen LogP contribution in [0.3, 0.4) is 0 Å². The first kappa shape index (κ1) is 10.8. The van der Waals surface area contributed by atoms with Gasteiger partial charge in [-0.1, -0.05) is 24.3 Å². The van der Waals surface area contributed by atoms with Gasteiger partial charge in [0.2, 0.25) is 0 Å². The molecule has 0 amide bonds. The number of carbonyl (C=O) groups is 1. The van der Waals surface area contributed by atoms with E-state index in [9.17, 15) is 13.6 Å². The third-order valence-corrected chi connectivity index (χ3v) is 1.87. The molecule has 2 nitrogen and oxygen atoms in total. The van der Waals surface area contributed by atoms with Gasteiger partial charge in [0.1, 0.15) is 0 Å². The van der Waals surface area contributed by atoms with E-state index in [0.717, 1.165) is 0 Å². The van der Waals surface area contributed by atoms with E-state index in [2.05, 4.69) is 0 Å². The van der Waals surface area contributed by atoms with Gasteiger partial charge in [0.05, 0.1) is 0 Å². The van der Waals surface area contributed by atoms with Crippen LogP contribution >= 0.6 is 0 Å². The molecule has 2 N–H and O–H groups in total. The number of halogens is 2. The minimum Gasteiger partial charge on any atom is -0.330 e. The van der Waals surface area contributed by atoms with Crippen molar-refractivity contribution >= 4 is 5.78 Å². The molecule has 0 aromatic heterocycles. The molecule has 14 heavy (non-hydrogen) atoms. The first-order valence-electron chi connectivity index (χ1n) is 4.27. The number of carbonyl (C=O) groups excluding carboxylic acids is 1. The van der Waals surface area contributed by atoms with Crippen molar-refractivity contribution in [2.24, 2.45) is 5.73 Å². The molecule has 1 rings (SSSR count). The average molecular weight is 199 g/mol. The standard InChI is InChI=1S/C10H11F2NO/c11-10(12)8-4-2-1-3-7(8)9(14)5-6-13/h1-4,10H,5-6,13H2. The first-order valence-corrected chi connectivity index (χ1v) is 4.27. The summed E-state index contributed by atoms with van der Waals surface area (Å²) in [5, 5.41) is 0. The van der Waals surface area contributed by atoms with Gasteiger partial charge in [-0.3, -0.25) is 4.79 Å². The van der Waals surface area contributed by atoms with Crippen LogP contribution in [0.4, 0.5) is 8.78 Å². The zero-order valence-corrected chi connectivity index (χ0v) is 7.54. The molecule has 1 aromatic rings. The maximum absolute atomic E-state index is 12.4. The highest BCUT2D eigenvalue weighted by Crippen LogP contribution is 2.23. The molecular weight excluding hydrogens is 188 g/mol. The second-order valence-electron chi connectivity index (χ2n) is 2.85. The van der Waals surface area contributed by atoms with Crippen LogP contribution in [0.2, 0.25) is 0 Å². The fourth-order valence-electron chi connectivity index (χ4n) is 1.21. The molecular formula is C10H11F2NO. The molecule has 0 spiro atoms.